The molecule has 0 amide bonds. The summed E-state index contributed by atoms with van der Waals surface area (Å²) in [6, 6.07) is 5.09. The predicted octanol–water partition coefficient (Wildman–Crippen LogP) is 1.88. The molecule has 0 unspecified atom stereocenters. The van der Waals surface area contributed by atoms with Gasteiger partial charge in [-0.15, -0.1) is 0 Å². The van der Waals surface area contributed by atoms with Crippen LogP contribution in [-0.4, -0.2) is 16.6 Å². The quantitative estimate of drug-likeness (QED) is 0.539. The van der Waals surface area contributed by atoms with Gasteiger partial charge in [-0.25, -0.2) is 0 Å². The number of carbonyl (C=O) groups is 2. The summed E-state index contributed by atoms with van der Waals surface area (Å²) < 4.78 is 0. The van der Waals surface area contributed by atoms with Crippen LogP contribution in [0.1, 0.15) is 30.8 Å². The lowest BCUT2D eigenvalue weighted by Gasteiger charge is -2.02. The first-order valence-corrected chi connectivity index (χ1v) is 4.58. The molecule has 0 atom stereocenters. The summed E-state index contributed by atoms with van der Waals surface area (Å²) in [6.07, 6.45) is 1.50. The minimum atomic E-state index is -0.204. The van der Waals surface area contributed by atoms with Crippen molar-refractivity contribution in [2.24, 2.45) is 5.92 Å². The first kappa shape index (κ1) is 10.6. The standard InChI is InChI=1S/C11H13NO2/c1-8(2)10(13)7-11(14)9-5-3-4-6-12-9/h3-6,8H,7H2,1-2H3. The van der Waals surface area contributed by atoms with Gasteiger partial charge in [0.2, 0.25) is 0 Å². The molecular formula is C11H13NO2. The highest BCUT2D eigenvalue weighted by molar-refractivity contribution is 6.07. The Morgan fingerprint density at radius 3 is 2.57 bits per heavy atom. The summed E-state index contributed by atoms with van der Waals surface area (Å²) in [5, 5.41) is 0. The number of hydrogen-bond acceptors (Lipinski definition) is 3. The summed E-state index contributed by atoms with van der Waals surface area (Å²) in [4.78, 5) is 26.6. The van der Waals surface area contributed by atoms with Crippen molar-refractivity contribution < 1.29 is 9.59 Å². The maximum absolute atomic E-state index is 11.5. The number of nitrogens with zero attached hydrogens (tertiary/aromatic N) is 1. The highest BCUT2D eigenvalue weighted by Crippen LogP contribution is 2.04. The number of rotatable bonds is 4. The van der Waals surface area contributed by atoms with Crippen molar-refractivity contribution in [3.05, 3.63) is 30.1 Å². The molecule has 0 saturated heterocycles. The Hall–Kier alpha value is -1.51. The Kier molecular flexibility index (Phi) is 3.51. The molecule has 3 nitrogen and oxygen atoms in total. The van der Waals surface area contributed by atoms with Crippen molar-refractivity contribution in [2.45, 2.75) is 20.3 Å². The van der Waals surface area contributed by atoms with E-state index in [0.29, 0.717) is 5.69 Å². The van der Waals surface area contributed by atoms with Gasteiger partial charge in [-0.1, -0.05) is 19.9 Å². The average Bonchev–Trinajstić information content (AvgIpc) is 2.19. The largest absolute Gasteiger partial charge is 0.299 e. The van der Waals surface area contributed by atoms with Gasteiger partial charge in [0.05, 0.1) is 6.42 Å². The van der Waals surface area contributed by atoms with Crippen LogP contribution in [0.25, 0.3) is 0 Å². The molecular weight excluding hydrogens is 178 g/mol. The molecule has 1 rings (SSSR count). The molecule has 0 aliphatic rings. The molecule has 0 spiro atoms. The first-order chi connectivity index (χ1) is 6.61. The fraction of sp³-hybridized carbons (Fsp3) is 0.364. The molecule has 0 N–H and O–H groups in total. The number of carbonyl (C=O) groups excluding carboxylic acids is 2. The second-order valence-electron chi connectivity index (χ2n) is 3.44. The highest BCUT2D eigenvalue weighted by Gasteiger charge is 2.14. The molecule has 1 aromatic heterocycles. The second kappa shape index (κ2) is 4.65. The average molecular weight is 191 g/mol. The van der Waals surface area contributed by atoms with E-state index in [4.69, 9.17) is 0 Å². The van der Waals surface area contributed by atoms with Gasteiger partial charge >= 0.3 is 0 Å². The summed E-state index contributed by atoms with van der Waals surface area (Å²) in [5.74, 6) is -0.340. The topological polar surface area (TPSA) is 47.0 Å². The zero-order valence-corrected chi connectivity index (χ0v) is 8.36. The van der Waals surface area contributed by atoms with Gasteiger partial charge in [0.1, 0.15) is 11.5 Å². The van der Waals surface area contributed by atoms with Crippen LogP contribution in [0.15, 0.2) is 24.4 Å². The van der Waals surface area contributed by atoms with Crippen LogP contribution in [0.2, 0.25) is 0 Å². The Balaban J connectivity index is 2.65. The Bertz CT molecular complexity index is 330. The third-order valence-electron chi connectivity index (χ3n) is 1.93. The molecule has 14 heavy (non-hydrogen) atoms. The van der Waals surface area contributed by atoms with Gasteiger partial charge in [0.25, 0.3) is 0 Å². The van der Waals surface area contributed by atoms with E-state index in [2.05, 4.69) is 4.98 Å². The minimum Gasteiger partial charge on any atom is -0.299 e. The van der Waals surface area contributed by atoms with E-state index in [0.717, 1.165) is 0 Å². The molecule has 3 heteroatoms. The molecule has 0 radical (unpaired) electrons. The molecule has 0 fully saturated rings. The molecule has 0 aromatic carbocycles. The summed E-state index contributed by atoms with van der Waals surface area (Å²) in [5.41, 5.74) is 0.363. The van der Waals surface area contributed by atoms with Crippen molar-refractivity contribution in [2.75, 3.05) is 0 Å². The molecule has 0 aliphatic carbocycles. The highest BCUT2D eigenvalue weighted by atomic mass is 16.1. The van der Waals surface area contributed by atoms with Crippen molar-refractivity contribution in [3.63, 3.8) is 0 Å². The minimum absolute atomic E-state index is 0.0411. The fourth-order valence-electron chi connectivity index (χ4n) is 0.981. The van der Waals surface area contributed by atoms with Gasteiger partial charge in [-0.3, -0.25) is 14.6 Å². The van der Waals surface area contributed by atoms with Gasteiger partial charge in [0, 0.05) is 12.1 Å². The van der Waals surface area contributed by atoms with E-state index >= 15 is 0 Å². The lowest BCUT2D eigenvalue weighted by molar-refractivity contribution is -0.121. The summed E-state index contributed by atoms with van der Waals surface area (Å²) in [6.45, 7) is 3.57. The Morgan fingerprint density at radius 1 is 1.36 bits per heavy atom. The third kappa shape index (κ3) is 2.76. The van der Waals surface area contributed by atoms with Crippen LogP contribution < -0.4 is 0 Å². The number of pyridine rings is 1. The van der Waals surface area contributed by atoms with Crippen LogP contribution in [0, 0.1) is 5.92 Å². The van der Waals surface area contributed by atoms with Crippen molar-refractivity contribution >= 4 is 11.6 Å². The maximum atomic E-state index is 11.5. The fourth-order valence-corrected chi connectivity index (χ4v) is 0.981. The molecule has 1 heterocycles. The zero-order valence-electron chi connectivity index (χ0n) is 8.36. The van der Waals surface area contributed by atoms with E-state index in [1.165, 1.54) is 0 Å². The monoisotopic (exact) mass is 191 g/mol. The van der Waals surface area contributed by atoms with E-state index in [1.807, 2.05) is 0 Å². The number of ketones is 2. The van der Waals surface area contributed by atoms with Gasteiger partial charge < -0.3 is 0 Å². The molecule has 1 aromatic rings. The van der Waals surface area contributed by atoms with Crippen LogP contribution in [0.5, 0.6) is 0 Å². The Morgan fingerprint density at radius 2 is 2.07 bits per heavy atom. The maximum Gasteiger partial charge on any atom is 0.188 e. The first-order valence-electron chi connectivity index (χ1n) is 4.58. The van der Waals surface area contributed by atoms with Crippen molar-refractivity contribution in [1.82, 2.24) is 4.98 Å². The second-order valence-corrected chi connectivity index (χ2v) is 3.44. The van der Waals surface area contributed by atoms with Gasteiger partial charge in [-0.05, 0) is 12.1 Å². The van der Waals surface area contributed by atoms with Crippen LogP contribution in [-0.2, 0) is 4.79 Å². The molecule has 0 bridgehead atoms. The molecule has 0 aliphatic heterocycles. The van der Waals surface area contributed by atoms with Crippen molar-refractivity contribution in [3.8, 4) is 0 Å². The number of aromatic nitrogens is 1. The third-order valence-corrected chi connectivity index (χ3v) is 1.93. The normalized spacial score (nSPS) is 10.2. The Labute approximate surface area is 83.2 Å². The van der Waals surface area contributed by atoms with E-state index < -0.39 is 0 Å². The predicted molar refractivity (Wildman–Crippen MR) is 53.0 cm³/mol. The lowest BCUT2D eigenvalue weighted by atomic mass is 10.0. The summed E-state index contributed by atoms with van der Waals surface area (Å²) >= 11 is 0. The van der Waals surface area contributed by atoms with Crippen LogP contribution in [0.4, 0.5) is 0 Å². The van der Waals surface area contributed by atoms with Crippen LogP contribution in [0.3, 0.4) is 0 Å². The van der Waals surface area contributed by atoms with Gasteiger partial charge in [-0.2, -0.15) is 0 Å². The summed E-state index contributed by atoms with van der Waals surface area (Å²) in [7, 11) is 0. The number of Topliss-reactive ketones (excluding diaryl/α,β-unsaturated/α-hetero) is 2. The molecule has 74 valence electrons. The van der Waals surface area contributed by atoms with E-state index in [-0.39, 0.29) is 23.9 Å². The van der Waals surface area contributed by atoms with E-state index in [1.54, 1.807) is 38.2 Å². The van der Waals surface area contributed by atoms with E-state index in [9.17, 15) is 9.59 Å². The lowest BCUT2D eigenvalue weighted by Crippen LogP contribution is -2.14. The SMILES string of the molecule is CC(C)C(=O)CC(=O)c1ccccn1. The van der Waals surface area contributed by atoms with Gasteiger partial charge in [0.15, 0.2) is 5.78 Å². The number of hydrogen-bond donors (Lipinski definition) is 0. The smallest absolute Gasteiger partial charge is 0.188 e. The zero-order chi connectivity index (χ0) is 10.6. The van der Waals surface area contributed by atoms with Crippen LogP contribution >= 0.6 is 0 Å². The molecule has 0 saturated carbocycles. The van der Waals surface area contributed by atoms with Crippen molar-refractivity contribution in [1.29, 1.82) is 0 Å².